The normalized spacial score (nSPS) is 10.9. The Bertz CT molecular complexity index is 1410. The lowest BCUT2D eigenvalue weighted by atomic mass is 9.99. The molecule has 196 valence electrons. The molecule has 2 aromatic heterocycles. The average Bonchev–Trinajstić information content (AvgIpc) is 2.90. The fraction of sp³-hybridized carbons (Fsp3) is 0.241. The van der Waals surface area contributed by atoms with Crippen molar-refractivity contribution in [3.05, 3.63) is 96.1 Å². The molecular weight excluding hydrogens is 483 g/mol. The molecule has 0 atom stereocenters. The van der Waals surface area contributed by atoms with Crippen LogP contribution in [0.4, 0.5) is 16.0 Å². The Morgan fingerprint density at radius 2 is 1.71 bits per heavy atom. The van der Waals surface area contributed by atoms with Gasteiger partial charge in [-0.05, 0) is 63.1 Å². The van der Waals surface area contributed by atoms with E-state index >= 15 is 0 Å². The van der Waals surface area contributed by atoms with Crippen LogP contribution in [0.1, 0.15) is 43.3 Å². The standard InChI is InChI=1S/C29H31FN6O2/c1-6-36(18(2)3)29-27(28(31)34-17-35-29)19(4)22-7-9-23(10-8-22)38-24-11-12-25(30)26(13-24)37-16-21-14-32-20(5)33-15-21/h7-15,17-18H,4,6,16H2,1-3,5H3,(H2,31,34,35). The van der Waals surface area contributed by atoms with Crippen LogP contribution in [-0.4, -0.2) is 32.5 Å². The zero-order valence-electron chi connectivity index (χ0n) is 22.0. The minimum atomic E-state index is -0.488. The molecule has 0 saturated carbocycles. The fourth-order valence-electron chi connectivity index (χ4n) is 3.97. The summed E-state index contributed by atoms with van der Waals surface area (Å²) in [6.07, 6.45) is 4.77. The van der Waals surface area contributed by atoms with Crippen LogP contribution in [-0.2, 0) is 6.61 Å². The number of nitrogens with two attached hydrogens (primary N) is 1. The first kappa shape index (κ1) is 26.5. The second-order valence-electron chi connectivity index (χ2n) is 8.96. The van der Waals surface area contributed by atoms with Crippen molar-refractivity contribution in [3.8, 4) is 17.2 Å². The van der Waals surface area contributed by atoms with Crippen LogP contribution < -0.4 is 20.1 Å². The molecule has 2 N–H and O–H groups in total. The fourth-order valence-corrected chi connectivity index (χ4v) is 3.97. The van der Waals surface area contributed by atoms with Crippen LogP contribution >= 0.6 is 0 Å². The van der Waals surface area contributed by atoms with Crippen molar-refractivity contribution >= 4 is 17.2 Å². The van der Waals surface area contributed by atoms with E-state index in [0.29, 0.717) is 34.3 Å². The Kier molecular flexibility index (Phi) is 8.15. The summed E-state index contributed by atoms with van der Waals surface area (Å²) < 4.78 is 25.9. The topological polar surface area (TPSA) is 99.3 Å². The first-order valence-corrected chi connectivity index (χ1v) is 12.3. The van der Waals surface area contributed by atoms with Gasteiger partial charge in [-0.3, -0.25) is 0 Å². The number of halogens is 1. The maximum absolute atomic E-state index is 14.3. The maximum atomic E-state index is 14.3. The van der Waals surface area contributed by atoms with Crippen molar-refractivity contribution in [2.24, 2.45) is 0 Å². The van der Waals surface area contributed by atoms with Crippen molar-refractivity contribution in [2.75, 3.05) is 17.2 Å². The summed E-state index contributed by atoms with van der Waals surface area (Å²) >= 11 is 0. The molecule has 2 aromatic carbocycles. The van der Waals surface area contributed by atoms with E-state index < -0.39 is 5.82 Å². The Labute approximate surface area is 222 Å². The summed E-state index contributed by atoms with van der Waals surface area (Å²) in [7, 11) is 0. The zero-order chi connectivity index (χ0) is 27.2. The van der Waals surface area contributed by atoms with Gasteiger partial charge in [-0.25, -0.2) is 24.3 Å². The van der Waals surface area contributed by atoms with Gasteiger partial charge < -0.3 is 20.1 Å². The van der Waals surface area contributed by atoms with Crippen molar-refractivity contribution in [1.82, 2.24) is 19.9 Å². The van der Waals surface area contributed by atoms with Crippen LogP contribution in [0.2, 0.25) is 0 Å². The highest BCUT2D eigenvalue weighted by Crippen LogP contribution is 2.35. The summed E-state index contributed by atoms with van der Waals surface area (Å²) in [6, 6.07) is 12.0. The highest BCUT2D eigenvalue weighted by molar-refractivity contribution is 5.88. The lowest BCUT2D eigenvalue weighted by Gasteiger charge is -2.29. The lowest BCUT2D eigenvalue weighted by molar-refractivity contribution is 0.287. The van der Waals surface area contributed by atoms with Crippen LogP contribution in [0.5, 0.6) is 17.2 Å². The predicted molar refractivity (Wildman–Crippen MR) is 147 cm³/mol. The predicted octanol–water partition coefficient (Wildman–Crippen LogP) is 5.96. The molecule has 0 bridgehead atoms. The molecule has 9 heteroatoms. The van der Waals surface area contributed by atoms with Gasteiger partial charge in [0.25, 0.3) is 0 Å². The van der Waals surface area contributed by atoms with Crippen molar-refractivity contribution in [2.45, 2.75) is 40.3 Å². The van der Waals surface area contributed by atoms with Crippen LogP contribution in [0, 0.1) is 12.7 Å². The zero-order valence-corrected chi connectivity index (χ0v) is 22.0. The molecule has 0 aliphatic heterocycles. The molecular formula is C29H31FN6O2. The van der Waals surface area contributed by atoms with Crippen molar-refractivity contribution in [1.29, 1.82) is 0 Å². The molecule has 0 unspecified atom stereocenters. The van der Waals surface area contributed by atoms with Gasteiger partial charge in [0.2, 0.25) is 0 Å². The second-order valence-corrected chi connectivity index (χ2v) is 8.96. The number of hydrogen-bond acceptors (Lipinski definition) is 8. The van der Waals surface area contributed by atoms with Gasteiger partial charge in [-0.2, -0.15) is 0 Å². The van der Waals surface area contributed by atoms with E-state index in [0.717, 1.165) is 23.5 Å². The molecule has 0 amide bonds. The van der Waals surface area contributed by atoms with Gasteiger partial charge in [0.05, 0.1) is 5.56 Å². The van der Waals surface area contributed by atoms with E-state index in [1.807, 2.05) is 24.3 Å². The number of aryl methyl sites for hydroxylation is 1. The smallest absolute Gasteiger partial charge is 0.165 e. The number of benzene rings is 2. The van der Waals surface area contributed by atoms with Crippen LogP contribution in [0.25, 0.3) is 5.57 Å². The third kappa shape index (κ3) is 6.05. The summed E-state index contributed by atoms with van der Waals surface area (Å²) in [5.41, 5.74) is 9.27. The number of nitrogen functional groups attached to an aromatic ring is 1. The molecule has 4 aromatic rings. The SMILES string of the molecule is C=C(c1ccc(Oc2ccc(F)c(OCc3cnc(C)nc3)c2)cc1)c1c(N)ncnc1N(CC)C(C)C. The monoisotopic (exact) mass is 514 g/mol. The van der Waals surface area contributed by atoms with Crippen molar-refractivity contribution < 1.29 is 13.9 Å². The minimum Gasteiger partial charge on any atom is -0.486 e. The molecule has 2 heterocycles. The highest BCUT2D eigenvalue weighted by atomic mass is 19.1. The number of hydrogen-bond donors (Lipinski definition) is 1. The number of rotatable bonds is 10. The molecule has 0 fully saturated rings. The van der Waals surface area contributed by atoms with Gasteiger partial charge >= 0.3 is 0 Å². The maximum Gasteiger partial charge on any atom is 0.165 e. The molecule has 0 saturated heterocycles. The molecule has 38 heavy (non-hydrogen) atoms. The van der Waals surface area contributed by atoms with E-state index in [4.69, 9.17) is 15.2 Å². The Morgan fingerprint density at radius 3 is 2.37 bits per heavy atom. The van der Waals surface area contributed by atoms with Gasteiger partial charge in [-0.1, -0.05) is 18.7 Å². The first-order chi connectivity index (χ1) is 18.3. The van der Waals surface area contributed by atoms with E-state index in [2.05, 4.69) is 52.2 Å². The first-order valence-electron chi connectivity index (χ1n) is 12.3. The summed E-state index contributed by atoms with van der Waals surface area (Å²) in [4.78, 5) is 19.1. The summed E-state index contributed by atoms with van der Waals surface area (Å²) in [5, 5.41) is 0. The lowest BCUT2D eigenvalue weighted by Crippen LogP contribution is -2.32. The van der Waals surface area contributed by atoms with Gasteiger partial charge in [-0.15, -0.1) is 0 Å². The highest BCUT2D eigenvalue weighted by Gasteiger charge is 2.20. The van der Waals surface area contributed by atoms with E-state index in [1.54, 1.807) is 25.4 Å². The molecule has 4 rings (SSSR count). The third-order valence-electron chi connectivity index (χ3n) is 5.96. The largest absolute Gasteiger partial charge is 0.486 e. The minimum absolute atomic E-state index is 0.0748. The van der Waals surface area contributed by atoms with Gasteiger partial charge in [0.15, 0.2) is 11.6 Å². The number of anilines is 2. The van der Waals surface area contributed by atoms with E-state index in [9.17, 15) is 4.39 Å². The Balaban J connectivity index is 1.50. The molecule has 8 nitrogen and oxygen atoms in total. The quantitative estimate of drug-likeness (QED) is 0.277. The van der Waals surface area contributed by atoms with E-state index in [1.165, 1.54) is 18.5 Å². The van der Waals surface area contributed by atoms with Gasteiger partial charge in [0.1, 0.15) is 41.9 Å². The van der Waals surface area contributed by atoms with Crippen LogP contribution in [0.15, 0.2) is 67.8 Å². The average molecular weight is 515 g/mol. The number of nitrogens with zero attached hydrogens (tertiary/aromatic N) is 5. The number of ether oxygens (including phenoxy) is 2. The van der Waals surface area contributed by atoms with Crippen molar-refractivity contribution in [3.63, 3.8) is 0 Å². The Morgan fingerprint density at radius 1 is 1.03 bits per heavy atom. The molecule has 0 spiro atoms. The van der Waals surface area contributed by atoms with E-state index in [-0.39, 0.29) is 18.4 Å². The summed E-state index contributed by atoms with van der Waals surface area (Å²) in [6.45, 7) is 13.3. The summed E-state index contributed by atoms with van der Waals surface area (Å²) in [5.74, 6) is 2.37. The van der Waals surface area contributed by atoms with Crippen LogP contribution in [0.3, 0.4) is 0 Å². The second kappa shape index (κ2) is 11.7. The molecule has 0 radical (unpaired) electrons. The van der Waals surface area contributed by atoms with Gasteiger partial charge in [0, 0.05) is 36.6 Å². The third-order valence-corrected chi connectivity index (χ3v) is 5.96. The molecule has 0 aliphatic carbocycles. The molecule has 0 aliphatic rings. The Hall–Kier alpha value is -4.53. The number of aromatic nitrogens is 4.